The zero-order valence-corrected chi connectivity index (χ0v) is 12.7. The summed E-state index contributed by atoms with van der Waals surface area (Å²) in [6.07, 6.45) is 0.291. The summed E-state index contributed by atoms with van der Waals surface area (Å²) in [4.78, 5) is 0. The second-order valence-electron chi connectivity index (χ2n) is 4.72. The summed E-state index contributed by atoms with van der Waals surface area (Å²) in [7, 11) is 1.95. The highest BCUT2D eigenvalue weighted by molar-refractivity contribution is 9.10. The fourth-order valence-electron chi connectivity index (χ4n) is 1.44. The van der Waals surface area contributed by atoms with E-state index in [2.05, 4.69) is 60.2 Å². The Morgan fingerprint density at radius 1 is 1.29 bits per heavy atom. The van der Waals surface area contributed by atoms with Crippen LogP contribution in [0.3, 0.4) is 0 Å². The lowest BCUT2D eigenvalue weighted by Crippen LogP contribution is -2.15. The largest absolute Gasteiger partial charge is 0.374 e. The highest BCUT2D eigenvalue weighted by atomic mass is 79.9. The van der Waals surface area contributed by atoms with E-state index < -0.39 is 0 Å². The molecule has 1 aromatic carbocycles. The Bertz CT molecular complexity index is 352. The molecule has 0 aliphatic rings. The first kappa shape index (κ1) is 14.7. The Kier molecular flexibility index (Phi) is 6.17. The Morgan fingerprint density at radius 3 is 2.53 bits per heavy atom. The van der Waals surface area contributed by atoms with Gasteiger partial charge >= 0.3 is 0 Å². The van der Waals surface area contributed by atoms with E-state index >= 15 is 0 Å². The van der Waals surface area contributed by atoms with E-state index in [4.69, 9.17) is 4.74 Å². The Balaban J connectivity index is 2.60. The number of rotatable bonds is 6. The quantitative estimate of drug-likeness (QED) is 0.864. The lowest BCUT2D eigenvalue weighted by Gasteiger charge is -2.17. The van der Waals surface area contributed by atoms with Crippen LogP contribution in [-0.4, -0.2) is 13.2 Å². The van der Waals surface area contributed by atoms with Gasteiger partial charge in [0.2, 0.25) is 0 Å². The molecule has 2 nitrogen and oxygen atoms in total. The number of ether oxygens (including phenoxy) is 1. The zero-order valence-electron chi connectivity index (χ0n) is 11.1. The second kappa shape index (κ2) is 7.14. The van der Waals surface area contributed by atoms with Crippen molar-refractivity contribution in [2.45, 2.75) is 40.0 Å². The third-order valence-corrected chi connectivity index (χ3v) is 3.68. The summed E-state index contributed by atoms with van der Waals surface area (Å²) in [5.74, 6) is 0.553. The van der Waals surface area contributed by atoms with E-state index in [0.29, 0.717) is 18.6 Å². The van der Waals surface area contributed by atoms with Gasteiger partial charge in [0.15, 0.2) is 0 Å². The van der Waals surface area contributed by atoms with E-state index in [-0.39, 0.29) is 0 Å². The summed E-state index contributed by atoms with van der Waals surface area (Å²) in [6, 6.07) is 6.42. The van der Waals surface area contributed by atoms with E-state index in [1.165, 1.54) is 11.1 Å². The normalized spacial score (nSPS) is 13.1. The van der Waals surface area contributed by atoms with Crippen LogP contribution in [0, 0.1) is 5.92 Å². The molecule has 0 amide bonds. The maximum absolute atomic E-state index is 5.82. The number of benzene rings is 1. The number of hydrogen-bond donors (Lipinski definition) is 1. The van der Waals surface area contributed by atoms with Gasteiger partial charge in [-0.25, -0.2) is 0 Å². The first-order valence-electron chi connectivity index (χ1n) is 6.08. The molecule has 0 saturated heterocycles. The molecule has 3 heteroatoms. The van der Waals surface area contributed by atoms with E-state index in [1.54, 1.807) is 0 Å². The third kappa shape index (κ3) is 4.78. The summed E-state index contributed by atoms with van der Waals surface area (Å²) in [6.45, 7) is 8.03. The lowest BCUT2D eigenvalue weighted by molar-refractivity contribution is 0.0232. The van der Waals surface area contributed by atoms with Crippen molar-refractivity contribution in [1.82, 2.24) is 5.32 Å². The van der Waals surface area contributed by atoms with Gasteiger partial charge in [0.25, 0.3) is 0 Å². The van der Waals surface area contributed by atoms with Crippen LogP contribution in [0.25, 0.3) is 0 Å². The molecule has 0 aliphatic heterocycles. The van der Waals surface area contributed by atoms with Crippen molar-refractivity contribution in [2.24, 2.45) is 5.92 Å². The van der Waals surface area contributed by atoms with Crippen molar-refractivity contribution in [3.05, 3.63) is 33.8 Å². The van der Waals surface area contributed by atoms with Gasteiger partial charge < -0.3 is 10.1 Å². The van der Waals surface area contributed by atoms with Crippen LogP contribution < -0.4 is 5.32 Å². The molecular formula is C14H22BrNO. The maximum Gasteiger partial charge on any atom is 0.0731 e. The molecule has 1 N–H and O–H groups in total. The molecule has 0 spiro atoms. The molecule has 17 heavy (non-hydrogen) atoms. The first-order chi connectivity index (χ1) is 8.04. The highest BCUT2D eigenvalue weighted by Crippen LogP contribution is 2.20. The van der Waals surface area contributed by atoms with Gasteiger partial charge in [-0.3, -0.25) is 0 Å². The first-order valence-corrected chi connectivity index (χ1v) is 6.87. The van der Waals surface area contributed by atoms with Gasteiger partial charge in [0.05, 0.1) is 12.7 Å². The molecule has 0 bridgehead atoms. The predicted octanol–water partition coefficient (Wildman–Crippen LogP) is 3.73. The average molecular weight is 300 g/mol. The van der Waals surface area contributed by atoms with Gasteiger partial charge in [-0.15, -0.1) is 0 Å². The van der Waals surface area contributed by atoms with Crippen molar-refractivity contribution < 1.29 is 4.74 Å². The smallest absolute Gasteiger partial charge is 0.0731 e. The monoisotopic (exact) mass is 299 g/mol. The van der Waals surface area contributed by atoms with Crippen molar-refractivity contribution in [3.8, 4) is 0 Å². The van der Waals surface area contributed by atoms with Gasteiger partial charge in [-0.2, -0.15) is 0 Å². The average Bonchev–Trinajstić information content (AvgIpc) is 2.27. The van der Waals surface area contributed by atoms with Crippen LogP contribution in [0.4, 0.5) is 0 Å². The van der Waals surface area contributed by atoms with Crippen molar-refractivity contribution in [1.29, 1.82) is 0 Å². The number of nitrogens with one attached hydrogen (secondary N) is 1. The molecule has 0 aromatic heterocycles. The summed E-state index contributed by atoms with van der Waals surface area (Å²) < 4.78 is 6.95. The number of hydrogen-bond acceptors (Lipinski definition) is 2. The molecule has 1 rings (SSSR count). The van der Waals surface area contributed by atoms with Crippen molar-refractivity contribution >= 4 is 15.9 Å². The summed E-state index contributed by atoms with van der Waals surface area (Å²) >= 11 is 3.60. The summed E-state index contributed by atoms with van der Waals surface area (Å²) in [5, 5.41) is 3.14. The van der Waals surface area contributed by atoms with E-state index in [1.807, 2.05) is 7.05 Å². The molecule has 1 unspecified atom stereocenters. The SMILES string of the molecule is CNCc1ccc(COC(C)C(C)C)c(Br)c1. The van der Waals surface area contributed by atoms with Crippen molar-refractivity contribution in [3.63, 3.8) is 0 Å². The standard InChI is InChI=1S/C14H22BrNO/c1-10(2)11(3)17-9-13-6-5-12(8-16-4)7-14(13)15/h5-7,10-11,16H,8-9H2,1-4H3. The molecule has 0 aliphatic carbocycles. The van der Waals surface area contributed by atoms with E-state index in [9.17, 15) is 0 Å². The van der Waals surface area contributed by atoms with Crippen LogP contribution in [0.15, 0.2) is 22.7 Å². The summed E-state index contributed by atoms with van der Waals surface area (Å²) in [5.41, 5.74) is 2.48. The molecule has 1 atom stereocenters. The van der Waals surface area contributed by atoms with Gasteiger partial charge in [0.1, 0.15) is 0 Å². The lowest BCUT2D eigenvalue weighted by atomic mass is 10.1. The maximum atomic E-state index is 5.82. The van der Waals surface area contributed by atoms with Crippen LogP contribution in [0.5, 0.6) is 0 Å². The molecule has 0 fully saturated rings. The predicted molar refractivity (Wildman–Crippen MR) is 76.0 cm³/mol. The minimum atomic E-state index is 0.291. The minimum Gasteiger partial charge on any atom is -0.374 e. The molecule has 96 valence electrons. The highest BCUT2D eigenvalue weighted by Gasteiger charge is 2.08. The molecule has 0 heterocycles. The fraction of sp³-hybridized carbons (Fsp3) is 0.571. The topological polar surface area (TPSA) is 21.3 Å². The second-order valence-corrected chi connectivity index (χ2v) is 5.57. The molecular weight excluding hydrogens is 278 g/mol. The Hall–Kier alpha value is -0.380. The van der Waals surface area contributed by atoms with Crippen LogP contribution in [-0.2, 0) is 17.9 Å². The minimum absolute atomic E-state index is 0.291. The molecule has 0 radical (unpaired) electrons. The molecule has 1 aromatic rings. The van der Waals surface area contributed by atoms with Gasteiger partial charge in [-0.1, -0.05) is 41.9 Å². The van der Waals surface area contributed by atoms with Gasteiger partial charge in [0, 0.05) is 11.0 Å². The third-order valence-electron chi connectivity index (χ3n) is 2.94. The van der Waals surface area contributed by atoms with Crippen LogP contribution in [0.2, 0.25) is 0 Å². The van der Waals surface area contributed by atoms with E-state index in [0.717, 1.165) is 11.0 Å². The Labute approximate surface area is 113 Å². The Morgan fingerprint density at radius 2 is 2.00 bits per heavy atom. The number of halogens is 1. The van der Waals surface area contributed by atoms with Crippen LogP contribution >= 0.6 is 15.9 Å². The van der Waals surface area contributed by atoms with Gasteiger partial charge in [-0.05, 0) is 37.1 Å². The zero-order chi connectivity index (χ0) is 12.8. The van der Waals surface area contributed by atoms with Crippen LogP contribution in [0.1, 0.15) is 31.9 Å². The molecule has 0 saturated carbocycles. The fourth-order valence-corrected chi connectivity index (χ4v) is 1.98. The van der Waals surface area contributed by atoms with Crippen molar-refractivity contribution in [2.75, 3.05) is 7.05 Å².